The number of hydrogen-bond donors (Lipinski definition) is 2. The van der Waals surface area contributed by atoms with Crippen LogP contribution in [-0.2, 0) is 0 Å². The molecule has 0 aliphatic carbocycles. The third-order valence-electron chi connectivity index (χ3n) is 7.01. The second-order valence-electron chi connectivity index (χ2n) is 9.15. The number of aromatic amines is 2. The molecular weight excluding hydrogens is 480 g/mol. The minimum atomic E-state index is 0.160. The average Bonchev–Trinajstić information content (AvgIpc) is 3.49. The molecule has 4 aromatic carbocycles. The first-order valence-corrected chi connectivity index (χ1v) is 12.4. The summed E-state index contributed by atoms with van der Waals surface area (Å²) in [5.74, 6) is 0. The molecule has 39 heavy (non-hydrogen) atoms. The molecule has 6 heteroatoms. The van der Waals surface area contributed by atoms with Crippen molar-refractivity contribution in [2.45, 2.75) is 0 Å². The van der Waals surface area contributed by atoms with Gasteiger partial charge in [0.1, 0.15) is 6.07 Å². The van der Waals surface area contributed by atoms with E-state index in [9.17, 15) is 10.5 Å². The number of para-hydroxylation sites is 4. The maximum atomic E-state index is 9.90. The van der Waals surface area contributed by atoms with Gasteiger partial charge in [0.05, 0.1) is 46.4 Å². The summed E-state index contributed by atoms with van der Waals surface area (Å²) in [6.45, 7) is 0. The molecule has 0 fully saturated rings. The average molecular weight is 499 g/mol. The van der Waals surface area contributed by atoms with Crippen LogP contribution in [-0.4, -0.2) is 21.4 Å². The van der Waals surface area contributed by atoms with Gasteiger partial charge in [0, 0.05) is 43.7 Å². The van der Waals surface area contributed by atoms with Gasteiger partial charge in [-0.2, -0.15) is 10.5 Å². The van der Waals surface area contributed by atoms with E-state index >= 15 is 0 Å². The highest BCUT2D eigenvalue weighted by Gasteiger charge is 2.25. The molecule has 2 aromatic heterocycles. The Kier molecular flexibility index (Phi) is 5.06. The van der Waals surface area contributed by atoms with Gasteiger partial charge in [-0.15, -0.1) is 0 Å². The maximum Gasteiger partial charge on any atom is 0.159 e. The lowest BCUT2D eigenvalue weighted by Gasteiger charge is -2.13. The van der Waals surface area contributed by atoms with Gasteiger partial charge in [0.2, 0.25) is 0 Å². The number of allylic oxidation sites excluding steroid dienone is 2. The van der Waals surface area contributed by atoms with Crippen molar-refractivity contribution >= 4 is 55.0 Å². The van der Waals surface area contributed by atoms with Crippen LogP contribution in [0.2, 0.25) is 0 Å². The molecule has 180 valence electrons. The molecule has 0 atom stereocenters. The van der Waals surface area contributed by atoms with Crippen LogP contribution < -0.4 is 0 Å². The number of rotatable bonds is 2. The van der Waals surface area contributed by atoms with Crippen LogP contribution in [0.25, 0.3) is 43.6 Å². The maximum absolute atomic E-state index is 9.90. The first-order valence-electron chi connectivity index (χ1n) is 12.4. The summed E-state index contributed by atoms with van der Waals surface area (Å²) >= 11 is 0. The molecule has 1 aliphatic rings. The Morgan fingerprint density at radius 1 is 0.641 bits per heavy atom. The van der Waals surface area contributed by atoms with Gasteiger partial charge in [0.15, 0.2) is 5.70 Å². The number of hydrogen-bond acceptors (Lipinski definition) is 4. The molecule has 2 N–H and O–H groups in total. The van der Waals surface area contributed by atoms with Crippen molar-refractivity contribution < 1.29 is 0 Å². The van der Waals surface area contributed by atoms with Crippen LogP contribution in [0.5, 0.6) is 0 Å². The number of aromatic nitrogens is 2. The van der Waals surface area contributed by atoms with Gasteiger partial charge in [-0.3, -0.25) is 4.99 Å². The molecule has 0 saturated carbocycles. The number of aliphatic imine (C=N–C) groups is 2. The van der Waals surface area contributed by atoms with E-state index in [1.54, 1.807) is 0 Å². The second kappa shape index (κ2) is 8.87. The summed E-state index contributed by atoms with van der Waals surface area (Å²) < 4.78 is 0. The van der Waals surface area contributed by atoms with Crippen molar-refractivity contribution in [3.05, 3.63) is 125 Å². The van der Waals surface area contributed by atoms with Crippen molar-refractivity contribution in [2.75, 3.05) is 0 Å². The molecule has 0 amide bonds. The van der Waals surface area contributed by atoms with E-state index in [1.807, 2.05) is 60.7 Å². The van der Waals surface area contributed by atoms with E-state index in [2.05, 4.69) is 52.1 Å². The molecule has 0 spiro atoms. The highest BCUT2D eigenvalue weighted by atomic mass is 14.9. The highest BCUT2D eigenvalue weighted by Crippen LogP contribution is 2.33. The van der Waals surface area contributed by atoms with Crippen molar-refractivity contribution in [1.29, 1.82) is 10.5 Å². The number of nitriles is 2. The zero-order chi connectivity index (χ0) is 26.3. The molecular formula is C33H18N6. The van der Waals surface area contributed by atoms with Gasteiger partial charge in [-0.05, 0) is 12.1 Å². The van der Waals surface area contributed by atoms with E-state index < -0.39 is 0 Å². The molecule has 3 heterocycles. The fourth-order valence-corrected chi connectivity index (χ4v) is 5.34. The Morgan fingerprint density at radius 3 is 1.79 bits per heavy atom. The standard InChI is InChI=1S/C33H18N6/c34-17-7-14-26-30(25-12-5-10-23-21-8-1-3-15-28(21)38-31(23)25)36-19-20(18-35)37-33(26)27-13-6-11-24-22-9-2-4-16-29(22)39-32(24)27/h1-13,15-16,19,38-39H. The molecule has 6 aromatic rings. The van der Waals surface area contributed by atoms with Crippen LogP contribution in [0.3, 0.4) is 0 Å². The lowest BCUT2D eigenvalue weighted by atomic mass is 9.92. The molecule has 0 bridgehead atoms. The molecule has 6 nitrogen and oxygen atoms in total. The zero-order valence-electron chi connectivity index (χ0n) is 20.5. The van der Waals surface area contributed by atoms with E-state index in [4.69, 9.17) is 9.98 Å². The molecule has 7 rings (SSSR count). The van der Waals surface area contributed by atoms with Crippen molar-refractivity contribution in [3.63, 3.8) is 0 Å². The topological polar surface area (TPSA) is 104 Å². The summed E-state index contributed by atoms with van der Waals surface area (Å²) in [6, 6.07) is 32.5. The van der Waals surface area contributed by atoms with E-state index in [-0.39, 0.29) is 5.70 Å². The summed E-state index contributed by atoms with van der Waals surface area (Å²) in [5, 5.41) is 23.7. The number of fused-ring (bicyclic) bond motifs is 6. The third-order valence-corrected chi connectivity index (χ3v) is 7.01. The van der Waals surface area contributed by atoms with Crippen LogP contribution in [0.4, 0.5) is 0 Å². The Bertz CT molecular complexity index is 2230. The summed E-state index contributed by atoms with van der Waals surface area (Å²) in [6.07, 6.45) is 2.78. The predicted molar refractivity (Wildman–Crippen MR) is 156 cm³/mol. The Hall–Kier alpha value is -5.94. The highest BCUT2D eigenvalue weighted by molar-refractivity contribution is 6.39. The van der Waals surface area contributed by atoms with Gasteiger partial charge >= 0.3 is 0 Å². The lowest BCUT2D eigenvalue weighted by Crippen LogP contribution is -2.15. The summed E-state index contributed by atoms with van der Waals surface area (Å²) in [7, 11) is 0. The van der Waals surface area contributed by atoms with Crippen LogP contribution >= 0.6 is 0 Å². The number of benzene rings is 4. The normalized spacial score (nSPS) is 13.4. The summed E-state index contributed by atoms with van der Waals surface area (Å²) in [5.41, 5.74) is 10.3. The number of H-pyrrole nitrogens is 2. The number of nitrogens with one attached hydrogen (secondary N) is 2. The fraction of sp³-hybridized carbons (Fsp3) is 0. The number of nitrogens with zero attached hydrogens (tertiary/aromatic N) is 4. The van der Waals surface area contributed by atoms with Crippen molar-refractivity contribution in [2.24, 2.45) is 9.98 Å². The Labute approximate surface area is 222 Å². The SMILES string of the molecule is N#CC=C=C1C(c2cccc3c2[nH]c2ccccc23)=NC=C(C#N)N=C1c1cccc2c1[nH]c1ccccc12. The van der Waals surface area contributed by atoms with Crippen LogP contribution in [0.1, 0.15) is 11.1 Å². The third kappa shape index (κ3) is 3.49. The zero-order valence-corrected chi connectivity index (χ0v) is 20.5. The minimum Gasteiger partial charge on any atom is -0.354 e. The molecule has 0 radical (unpaired) electrons. The van der Waals surface area contributed by atoms with Crippen LogP contribution in [0, 0.1) is 22.7 Å². The van der Waals surface area contributed by atoms with Gasteiger partial charge in [-0.25, -0.2) is 4.99 Å². The van der Waals surface area contributed by atoms with Crippen molar-refractivity contribution in [3.8, 4) is 12.1 Å². The second-order valence-corrected chi connectivity index (χ2v) is 9.15. The molecule has 0 unspecified atom stereocenters. The van der Waals surface area contributed by atoms with Crippen molar-refractivity contribution in [1.82, 2.24) is 9.97 Å². The van der Waals surface area contributed by atoms with Gasteiger partial charge in [-0.1, -0.05) is 78.5 Å². The first-order chi connectivity index (χ1) is 19.3. The Morgan fingerprint density at radius 2 is 1.21 bits per heavy atom. The monoisotopic (exact) mass is 498 g/mol. The largest absolute Gasteiger partial charge is 0.354 e. The smallest absolute Gasteiger partial charge is 0.159 e. The Balaban J connectivity index is 1.54. The first kappa shape index (κ1) is 22.3. The quantitative estimate of drug-likeness (QED) is 0.194. The fourth-order valence-electron chi connectivity index (χ4n) is 5.34. The minimum absolute atomic E-state index is 0.160. The molecule has 1 aliphatic heterocycles. The van der Waals surface area contributed by atoms with Crippen LogP contribution in [0.15, 0.2) is 124 Å². The van der Waals surface area contributed by atoms with Gasteiger partial charge in [0.25, 0.3) is 0 Å². The van der Waals surface area contributed by atoms with Gasteiger partial charge < -0.3 is 9.97 Å². The lowest BCUT2D eigenvalue weighted by molar-refractivity contribution is 1.34. The van der Waals surface area contributed by atoms with E-state index in [0.717, 1.165) is 54.7 Å². The predicted octanol–water partition coefficient (Wildman–Crippen LogP) is 7.22. The van der Waals surface area contributed by atoms with E-state index in [0.29, 0.717) is 17.0 Å². The molecule has 0 saturated heterocycles. The van der Waals surface area contributed by atoms with E-state index in [1.165, 1.54) is 12.3 Å². The summed E-state index contributed by atoms with van der Waals surface area (Å²) in [4.78, 5) is 16.6.